The zero-order valence-electron chi connectivity index (χ0n) is 11.7. The van der Waals surface area contributed by atoms with Crippen LogP contribution in [0, 0.1) is 0 Å². The lowest BCUT2D eigenvalue weighted by Gasteiger charge is -2.21. The van der Waals surface area contributed by atoms with Gasteiger partial charge < -0.3 is 4.74 Å². The molecule has 1 heterocycles. The van der Waals surface area contributed by atoms with Crippen molar-refractivity contribution < 1.29 is 17.9 Å². The molecular weight excluding hydrogens is 277 g/mol. The SMILES string of the molecule is CC1(C)OC(c2ccc(C(F)(F)F)cc2)c2ccccc21. The molecule has 1 aliphatic rings. The van der Waals surface area contributed by atoms with Crippen LogP contribution in [-0.2, 0) is 16.5 Å². The first-order valence-corrected chi connectivity index (χ1v) is 6.73. The van der Waals surface area contributed by atoms with Crippen molar-refractivity contribution in [2.75, 3.05) is 0 Å². The molecule has 0 radical (unpaired) electrons. The summed E-state index contributed by atoms with van der Waals surface area (Å²) in [5.41, 5.74) is 1.75. The number of benzene rings is 2. The van der Waals surface area contributed by atoms with Gasteiger partial charge in [0.05, 0.1) is 11.2 Å². The van der Waals surface area contributed by atoms with Crippen LogP contribution in [0.15, 0.2) is 48.5 Å². The molecule has 0 aliphatic carbocycles. The van der Waals surface area contributed by atoms with Crippen LogP contribution in [0.1, 0.15) is 42.2 Å². The average molecular weight is 292 g/mol. The Labute approximate surface area is 121 Å². The summed E-state index contributed by atoms with van der Waals surface area (Å²) in [5, 5.41) is 0. The standard InChI is InChI=1S/C17H15F3O/c1-16(2)14-6-4-3-5-13(14)15(21-16)11-7-9-12(10-8-11)17(18,19)20/h3-10,15H,1-2H3. The molecule has 110 valence electrons. The third-order valence-electron chi connectivity index (χ3n) is 3.85. The van der Waals surface area contributed by atoms with Crippen molar-refractivity contribution in [3.8, 4) is 0 Å². The van der Waals surface area contributed by atoms with Crippen LogP contribution in [0.25, 0.3) is 0 Å². The summed E-state index contributed by atoms with van der Waals surface area (Å²) < 4.78 is 43.9. The predicted octanol–water partition coefficient (Wildman–Crippen LogP) is 5.06. The van der Waals surface area contributed by atoms with Crippen molar-refractivity contribution in [1.29, 1.82) is 0 Å². The molecule has 4 heteroatoms. The quantitative estimate of drug-likeness (QED) is 0.714. The monoisotopic (exact) mass is 292 g/mol. The summed E-state index contributed by atoms with van der Waals surface area (Å²) in [5.74, 6) is 0. The molecule has 0 saturated heterocycles. The Morgan fingerprint density at radius 3 is 2.19 bits per heavy atom. The van der Waals surface area contributed by atoms with Gasteiger partial charge in [-0.2, -0.15) is 13.2 Å². The molecular formula is C17H15F3O. The van der Waals surface area contributed by atoms with Crippen molar-refractivity contribution in [3.05, 3.63) is 70.8 Å². The Morgan fingerprint density at radius 2 is 1.57 bits per heavy atom. The van der Waals surface area contributed by atoms with E-state index in [2.05, 4.69) is 0 Å². The summed E-state index contributed by atoms with van der Waals surface area (Å²) in [6, 6.07) is 13.0. The molecule has 3 rings (SSSR count). The van der Waals surface area contributed by atoms with Gasteiger partial charge in [0.1, 0.15) is 6.10 Å². The molecule has 0 N–H and O–H groups in total. The van der Waals surface area contributed by atoms with E-state index in [1.807, 2.05) is 38.1 Å². The molecule has 0 spiro atoms. The van der Waals surface area contributed by atoms with Crippen molar-refractivity contribution in [1.82, 2.24) is 0 Å². The van der Waals surface area contributed by atoms with Crippen LogP contribution < -0.4 is 0 Å². The van der Waals surface area contributed by atoms with E-state index in [0.717, 1.165) is 28.8 Å². The minimum Gasteiger partial charge on any atom is -0.358 e. The van der Waals surface area contributed by atoms with Crippen molar-refractivity contribution in [2.45, 2.75) is 31.7 Å². The van der Waals surface area contributed by atoms with Crippen molar-refractivity contribution >= 4 is 0 Å². The lowest BCUT2D eigenvalue weighted by atomic mass is 9.93. The molecule has 2 aromatic carbocycles. The summed E-state index contributed by atoms with van der Waals surface area (Å²) in [7, 11) is 0. The van der Waals surface area contributed by atoms with E-state index in [1.54, 1.807) is 0 Å². The van der Waals surface area contributed by atoms with Gasteiger partial charge in [-0.25, -0.2) is 0 Å². The molecule has 0 saturated carbocycles. The summed E-state index contributed by atoms with van der Waals surface area (Å²) in [6.45, 7) is 3.94. The van der Waals surface area contributed by atoms with Crippen LogP contribution in [-0.4, -0.2) is 0 Å². The second kappa shape index (κ2) is 4.60. The normalized spacial score (nSPS) is 20.3. The molecule has 21 heavy (non-hydrogen) atoms. The number of halogens is 3. The van der Waals surface area contributed by atoms with Crippen molar-refractivity contribution in [3.63, 3.8) is 0 Å². The lowest BCUT2D eigenvalue weighted by Crippen LogP contribution is -2.16. The third kappa shape index (κ3) is 2.44. The van der Waals surface area contributed by atoms with E-state index in [0.29, 0.717) is 0 Å². The highest BCUT2D eigenvalue weighted by Gasteiger charge is 2.38. The Morgan fingerprint density at radius 1 is 0.952 bits per heavy atom. The molecule has 1 atom stereocenters. The van der Waals surface area contributed by atoms with Gasteiger partial charge >= 0.3 is 6.18 Å². The molecule has 0 amide bonds. The second-order valence-corrected chi connectivity index (χ2v) is 5.72. The topological polar surface area (TPSA) is 9.23 Å². The van der Waals surface area contributed by atoms with Gasteiger partial charge in [0.15, 0.2) is 0 Å². The molecule has 0 fully saturated rings. The zero-order valence-corrected chi connectivity index (χ0v) is 11.7. The summed E-state index contributed by atoms with van der Waals surface area (Å²) in [4.78, 5) is 0. The van der Waals surface area contributed by atoms with Gasteiger partial charge in [-0.15, -0.1) is 0 Å². The van der Waals surface area contributed by atoms with E-state index in [1.165, 1.54) is 12.1 Å². The highest BCUT2D eigenvalue weighted by atomic mass is 19.4. The van der Waals surface area contributed by atoms with Gasteiger partial charge in [-0.05, 0) is 42.7 Å². The minimum absolute atomic E-state index is 0.321. The average Bonchev–Trinajstić information content (AvgIpc) is 2.71. The van der Waals surface area contributed by atoms with Gasteiger partial charge in [0.25, 0.3) is 0 Å². The number of ether oxygens (including phenoxy) is 1. The van der Waals surface area contributed by atoms with Crippen LogP contribution >= 0.6 is 0 Å². The van der Waals surface area contributed by atoms with Crippen molar-refractivity contribution in [2.24, 2.45) is 0 Å². The maximum Gasteiger partial charge on any atom is 0.416 e. The molecule has 1 nitrogen and oxygen atoms in total. The van der Waals surface area contributed by atoms with Gasteiger partial charge in [-0.3, -0.25) is 0 Å². The Bertz CT molecular complexity index is 656. The van der Waals surface area contributed by atoms with Crippen LogP contribution in [0.2, 0.25) is 0 Å². The van der Waals surface area contributed by atoms with Crippen LogP contribution in [0.5, 0.6) is 0 Å². The molecule has 1 aliphatic heterocycles. The first-order valence-electron chi connectivity index (χ1n) is 6.73. The Hall–Kier alpha value is -1.81. The molecule has 0 bridgehead atoms. The smallest absolute Gasteiger partial charge is 0.358 e. The van der Waals surface area contributed by atoms with Gasteiger partial charge in [0, 0.05) is 0 Å². The molecule has 1 unspecified atom stereocenters. The molecule has 0 aromatic heterocycles. The Balaban J connectivity index is 1.99. The number of fused-ring (bicyclic) bond motifs is 1. The fourth-order valence-corrected chi connectivity index (χ4v) is 2.79. The first-order chi connectivity index (χ1) is 9.79. The second-order valence-electron chi connectivity index (χ2n) is 5.72. The number of hydrogen-bond acceptors (Lipinski definition) is 1. The lowest BCUT2D eigenvalue weighted by molar-refractivity contribution is -0.137. The van der Waals surface area contributed by atoms with Gasteiger partial charge in [0.2, 0.25) is 0 Å². The number of alkyl halides is 3. The van der Waals surface area contributed by atoms with Gasteiger partial charge in [-0.1, -0.05) is 36.4 Å². The minimum atomic E-state index is -4.31. The summed E-state index contributed by atoms with van der Waals surface area (Å²) >= 11 is 0. The van der Waals surface area contributed by atoms with E-state index in [9.17, 15) is 13.2 Å². The first kappa shape index (κ1) is 14.1. The maximum absolute atomic E-state index is 12.6. The Kier molecular flexibility index (Phi) is 3.10. The number of hydrogen-bond donors (Lipinski definition) is 0. The third-order valence-corrected chi connectivity index (χ3v) is 3.85. The highest BCUT2D eigenvalue weighted by molar-refractivity contribution is 5.43. The predicted molar refractivity (Wildman–Crippen MR) is 73.8 cm³/mol. The van der Waals surface area contributed by atoms with Crippen LogP contribution in [0.4, 0.5) is 13.2 Å². The van der Waals surface area contributed by atoms with E-state index >= 15 is 0 Å². The highest BCUT2D eigenvalue weighted by Crippen LogP contribution is 2.46. The largest absolute Gasteiger partial charge is 0.416 e. The maximum atomic E-state index is 12.6. The fraction of sp³-hybridized carbons (Fsp3) is 0.294. The fourth-order valence-electron chi connectivity index (χ4n) is 2.79. The van der Waals surface area contributed by atoms with E-state index in [-0.39, 0.29) is 6.10 Å². The zero-order chi connectivity index (χ0) is 15.3. The van der Waals surface area contributed by atoms with Crippen LogP contribution in [0.3, 0.4) is 0 Å². The van der Waals surface area contributed by atoms with E-state index < -0.39 is 17.3 Å². The van der Waals surface area contributed by atoms with E-state index in [4.69, 9.17) is 4.74 Å². The number of rotatable bonds is 1. The summed E-state index contributed by atoms with van der Waals surface area (Å²) in [6.07, 6.45) is -4.63. The molecule has 2 aromatic rings.